The average Bonchev–Trinajstić information content (AvgIpc) is 2.94. The lowest BCUT2D eigenvalue weighted by Crippen LogP contribution is -2.28. The van der Waals surface area contributed by atoms with Crippen LogP contribution in [0.25, 0.3) is 0 Å². The van der Waals surface area contributed by atoms with Crippen LogP contribution in [0.1, 0.15) is 33.1 Å². The molecule has 16 heavy (non-hydrogen) atoms. The number of anilines is 2. The van der Waals surface area contributed by atoms with Crippen LogP contribution in [0, 0.1) is 5.92 Å². The second-order valence-corrected chi connectivity index (χ2v) is 5.19. The first kappa shape index (κ1) is 11.3. The molecule has 0 aromatic carbocycles. The van der Waals surface area contributed by atoms with Crippen molar-refractivity contribution in [3.8, 4) is 0 Å². The normalized spacial score (nSPS) is 15.8. The van der Waals surface area contributed by atoms with Crippen LogP contribution in [0.5, 0.6) is 0 Å². The van der Waals surface area contributed by atoms with Gasteiger partial charge in [-0.2, -0.15) is 5.10 Å². The molecule has 4 nitrogen and oxygen atoms in total. The molecule has 1 aliphatic carbocycles. The van der Waals surface area contributed by atoms with Crippen LogP contribution in [0.3, 0.4) is 0 Å². The highest BCUT2D eigenvalue weighted by molar-refractivity contribution is 5.62. The van der Waals surface area contributed by atoms with Gasteiger partial charge in [-0.1, -0.05) is 13.8 Å². The molecular formula is C12H22N4. The number of aromatic nitrogens is 2. The maximum Gasteiger partial charge on any atom is 0.174 e. The van der Waals surface area contributed by atoms with Gasteiger partial charge >= 0.3 is 0 Å². The molecule has 1 aromatic rings. The summed E-state index contributed by atoms with van der Waals surface area (Å²) in [4.78, 5) is 2.38. The number of hydrogen-bond donors (Lipinski definition) is 1. The third-order valence-corrected chi connectivity index (χ3v) is 3.04. The Morgan fingerprint density at radius 3 is 2.69 bits per heavy atom. The van der Waals surface area contributed by atoms with Gasteiger partial charge in [-0.15, -0.1) is 0 Å². The molecule has 2 rings (SSSR count). The molecule has 0 unspecified atom stereocenters. The van der Waals surface area contributed by atoms with E-state index in [1.54, 1.807) is 4.68 Å². The summed E-state index contributed by atoms with van der Waals surface area (Å²) in [5, 5.41) is 4.47. The van der Waals surface area contributed by atoms with Gasteiger partial charge in [0.1, 0.15) is 0 Å². The highest BCUT2D eigenvalue weighted by atomic mass is 15.4. The molecule has 4 heteroatoms. The summed E-state index contributed by atoms with van der Waals surface area (Å²) >= 11 is 0. The fourth-order valence-electron chi connectivity index (χ4n) is 1.96. The molecule has 0 spiro atoms. The Balaban J connectivity index is 2.09. The predicted molar refractivity (Wildman–Crippen MR) is 67.4 cm³/mol. The number of aryl methyl sites for hydroxylation is 1. The van der Waals surface area contributed by atoms with Gasteiger partial charge in [-0.05, 0) is 25.2 Å². The van der Waals surface area contributed by atoms with E-state index in [1.165, 1.54) is 19.3 Å². The SMILES string of the molecule is CC(C)CCN(c1nn(C)cc1N)C1CC1. The molecule has 1 saturated carbocycles. The molecule has 0 atom stereocenters. The van der Waals surface area contributed by atoms with Crippen LogP contribution < -0.4 is 10.6 Å². The quantitative estimate of drug-likeness (QED) is 0.829. The molecule has 0 amide bonds. The van der Waals surface area contributed by atoms with E-state index < -0.39 is 0 Å². The molecule has 0 aliphatic heterocycles. The van der Waals surface area contributed by atoms with Crippen LogP contribution in [0.4, 0.5) is 11.5 Å². The summed E-state index contributed by atoms with van der Waals surface area (Å²) < 4.78 is 1.80. The molecule has 0 bridgehead atoms. The lowest BCUT2D eigenvalue weighted by atomic mass is 10.1. The zero-order chi connectivity index (χ0) is 11.7. The molecule has 1 fully saturated rings. The monoisotopic (exact) mass is 222 g/mol. The van der Waals surface area contributed by atoms with Gasteiger partial charge in [0.15, 0.2) is 5.82 Å². The molecule has 2 N–H and O–H groups in total. The van der Waals surface area contributed by atoms with Gasteiger partial charge < -0.3 is 10.6 Å². The highest BCUT2D eigenvalue weighted by Crippen LogP contribution is 2.33. The number of nitrogen functional groups attached to an aromatic ring is 1. The van der Waals surface area contributed by atoms with Crippen molar-refractivity contribution in [1.82, 2.24) is 9.78 Å². The number of rotatable bonds is 5. The molecule has 90 valence electrons. The minimum atomic E-state index is 0.677. The van der Waals surface area contributed by atoms with E-state index in [1.807, 2.05) is 13.2 Å². The molecular weight excluding hydrogens is 200 g/mol. The van der Waals surface area contributed by atoms with E-state index in [2.05, 4.69) is 23.8 Å². The van der Waals surface area contributed by atoms with Crippen molar-refractivity contribution in [2.24, 2.45) is 13.0 Å². The number of nitrogens with two attached hydrogens (primary N) is 1. The van der Waals surface area contributed by atoms with E-state index in [0.29, 0.717) is 6.04 Å². The van der Waals surface area contributed by atoms with Crippen molar-refractivity contribution < 1.29 is 0 Å². The van der Waals surface area contributed by atoms with Gasteiger partial charge in [0.25, 0.3) is 0 Å². The van der Waals surface area contributed by atoms with Crippen molar-refractivity contribution >= 4 is 11.5 Å². The fraction of sp³-hybridized carbons (Fsp3) is 0.750. The Labute approximate surface area is 97.4 Å². The zero-order valence-corrected chi connectivity index (χ0v) is 10.5. The summed E-state index contributed by atoms with van der Waals surface area (Å²) in [7, 11) is 1.92. The van der Waals surface area contributed by atoms with Crippen LogP contribution in [0.2, 0.25) is 0 Å². The second kappa shape index (κ2) is 4.36. The Kier molecular flexibility index (Phi) is 3.08. The van der Waals surface area contributed by atoms with E-state index >= 15 is 0 Å². The van der Waals surface area contributed by atoms with Crippen LogP contribution in [-0.2, 0) is 7.05 Å². The molecule has 0 saturated heterocycles. The minimum Gasteiger partial charge on any atom is -0.394 e. The lowest BCUT2D eigenvalue weighted by Gasteiger charge is -2.23. The Hall–Kier alpha value is -1.19. The van der Waals surface area contributed by atoms with E-state index in [4.69, 9.17) is 5.73 Å². The van der Waals surface area contributed by atoms with Crippen molar-refractivity contribution in [2.45, 2.75) is 39.2 Å². The number of nitrogens with zero attached hydrogens (tertiary/aromatic N) is 3. The fourth-order valence-corrected chi connectivity index (χ4v) is 1.96. The van der Waals surface area contributed by atoms with Crippen LogP contribution in [-0.4, -0.2) is 22.4 Å². The van der Waals surface area contributed by atoms with Gasteiger partial charge in [0.05, 0.1) is 5.69 Å². The summed E-state index contributed by atoms with van der Waals surface area (Å²) in [6.07, 6.45) is 5.66. The van der Waals surface area contributed by atoms with Gasteiger partial charge in [0, 0.05) is 25.8 Å². The third kappa shape index (κ3) is 2.49. The highest BCUT2D eigenvalue weighted by Gasteiger charge is 2.31. The Morgan fingerprint density at radius 2 is 2.25 bits per heavy atom. The van der Waals surface area contributed by atoms with Crippen molar-refractivity contribution in [1.29, 1.82) is 0 Å². The first-order valence-electron chi connectivity index (χ1n) is 6.13. The van der Waals surface area contributed by atoms with E-state index in [0.717, 1.165) is 24.0 Å². The third-order valence-electron chi connectivity index (χ3n) is 3.04. The Morgan fingerprint density at radius 1 is 1.56 bits per heavy atom. The van der Waals surface area contributed by atoms with Crippen molar-refractivity contribution in [2.75, 3.05) is 17.2 Å². The van der Waals surface area contributed by atoms with Gasteiger partial charge in [-0.3, -0.25) is 4.68 Å². The number of hydrogen-bond acceptors (Lipinski definition) is 3. The summed E-state index contributed by atoms with van der Waals surface area (Å²) in [5.41, 5.74) is 6.79. The molecule has 1 aliphatic rings. The Bertz CT molecular complexity index is 352. The maximum atomic E-state index is 5.99. The standard InChI is InChI=1S/C12H22N4/c1-9(2)6-7-16(10-4-5-10)12-11(13)8-15(3)14-12/h8-10H,4-7,13H2,1-3H3. The van der Waals surface area contributed by atoms with Gasteiger partial charge in [-0.25, -0.2) is 0 Å². The first-order chi connectivity index (χ1) is 7.58. The minimum absolute atomic E-state index is 0.677. The van der Waals surface area contributed by atoms with Crippen molar-refractivity contribution in [3.63, 3.8) is 0 Å². The molecule has 0 radical (unpaired) electrons. The summed E-state index contributed by atoms with van der Waals surface area (Å²) in [6, 6.07) is 0.677. The molecule has 1 aromatic heterocycles. The summed E-state index contributed by atoms with van der Waals surface area (Å²) in [5.74, 6) is 1.71. The second-order valence-electron chi connectivity index (χ2n) is 5.19. The van der Waals surface area contributed by atoms with Gasteiger partial charge in [0.2, 0.25) is 0 Å². The first-order valence-corrected chi connectivity index (χ1v) is 6.13. The molecule has 1 heterocycles. The predicted octanol–water partition coefficient (Wildman–Crippen LogP) is 2.02. The maximum absolute atomic E-state index is 5.99. The van der Waals surface area contributed by atoms with Crippen molar-refractivity contribution in [3.05, 3.63) is 6.20 Å². The zero-order valence-electron chi connectivity index (χ0n) is 10.5. The topological polar surface area (TPSA) is 47.1 Å². The van der Waals surface area contributed by atoms with E-state index in [-0.39, 0.29) is 0 Å². The van der Waals surface area contributed by atoms with Crippen LogP contribution in [0.15, 0.2) is 6.20 Å². The average molecular weight is 222 g/mol. The smallest absolute Gasteiger partial charge is 0.174 e. The van der Waals surface area contributed by atoms with E-state index in [9.17, 15) is 0 Å². The lowest BCUT2D eigenvalue weighted by molar-refractivity contribution is 0.567. The largest absolute Gasteiger partial charge is 0.394 e. The summed E-state index contributed by atoms with van der Waals surface area (Å²) in [6.45, 7) is 5.59. The van der Waals surface area contributed by atoms with Crippen LogP contribution >= 0.6 is 0 Å².